The lowest BCUT2D eigenvalue weighted by molar-refractivity contribution is -0.490. The van der Waals surface area contributed by atoms with Gasteiger partial charge in [0.15, 0.2) is 0 Å². The summed E-state index contributed by atoms with van der Waals surface area (Å²) in [6, 6.07) is 0. The fourth-order valence-corrected chi connectivity index (χ4v) is 0.791. The van der Waals surface area contributed by atoms with Crippen LogP contribution in [0.25, 0.3) is 0 Å². The molecule has 0 saturated carbocycles. The molecule has 1 N–H and O–H groups in total. The number of nitro groups is 1. The molecule has 0 aliphatic heterocycles. The van der Waals surface area contributed by atoms with Crippen LogP contribution in [0.2, 0.25) is 0 Å². The van der Waals surface area contributed by atoms with Crippen LogP contribution in [-0.4, -0.2) is 22.7 Å². The molecule has 0 amide bonds. The van der Waals surface area contributed by atoms with E-state index in [1.807, 2.05) is 13.8 Å². The van der Waals surface area contributed by atoms with Gasteiger partial charge in [0, 0.05) is 4.92 Å². The summed E-state index contributed by atoms with van der Waals surface area (Å²) in [6.45, 7) is 3.50. The maximum Gasteiger partial charge on any atom is 0.229 e. The molecule has 60 valence electrons. The van der Waals surface area contributed by atoms with Crippen molar-refractivity contribution in [1.82, 2.24) is 0 Å². The Morgan fingerprint density at radius 3 is 2.40 bits per heavy atom. The highest BCUT2D eigenvalue weighted by molar-refractivity contribution is 4.55. The van der Waals surface area contributed by atoms with E-state index in [-0.39, 0.29) is 6.54 Å². The van der Waals surface area contributed by atoms with E-state index in [1.165, 1.54) is 0 Å². The van der Waals surface area contributed by atoms with Crippen LogP contribution in [0.5, 0.6) is 0 Å². The molecule has 0 aromatic rings. The van der Waals surface area contributed by atoms with Crippen LogP contribution < -0.4 is 0 Å². The molecular weight excluding hydrogens is 134 g/mol. The second-order valence-corrected chi connectivity index (χ2v) is 2.80. The summed E-state index contributed by atoms with van der Waals surface area (Å²) in [5.41, 5.74) is 0. The molecular formula is C6H13NO3. The summed E-state index contributed by atoms with van der Waals surface area (Å²) >= 11 is 0. The first kappa shape index (κ1) is 9.36. The van der Waals surface area contributed by atoms with Gasteiger partial charge >= 0.3 is 0 Å². The van der Waals surface area contributed by atoms with Crippen molar-refractivity contribution in [3.8, 4) is 0 Å². The highest BCUT2D eigenvalue weighted by atomic mass is 16.6. The second kappa shape index (κ2) is 4.22. The molecule has 10 heavy (non-hydrogen) atoms. The normalized spacial score (nSPS) is 13.6. The van der Waals surface area contributed by atoms with E-state index in [0.717, 1.165) is 0 Å². The molecule has 4 heteroatoms. The van der Waals surface area contributed by atoms with Gasteiger partial charge in [-0.2, -0.15) is 0 Å². The molecule has 0 aliphatic rings. The average molecular weight is 147 g/mol. The van der Waals surface area contributed by atoms with Crippen molar-refractivity contribution in [3.63, 3.8) is 0 Å². The molecule has 0 saturated heterocycles. The van der Waals surface area contributed by atoms with Crippen molar-refractivity contribution in [2.45, 2.75) is 26.4 Å². The zero-order valence-electron chi connectivity index (χ0n) is 6.28. The van der Waals surface area contributed by atoms with Crippen molar-refractivity contribution in [2.24, 2.45) is 5.92 Å². The van der Waals surface area contributed by atoms with Crippen molar-refractivity contribution >= 4 is 0 Å². The van der Waals surface area contributed by atoms with Crippen molar-refractivity contribution in [3.05, 3.63) is 10.1 Å². The maximum absolute atomic E-state index is 9.84. The summed E-state index contributed by atoms with van der Waals surface area (Å²) in [5.74, 6) is 0.315. The van der Waals surface area contributed by atoms with E-state index in [4.69, 9.17) is 5.11 Å². The molecule has 0 radical (unpaired) electrons. The Kier molecular flexibility index (Phi) is 3.95. The van der Waals surface area contributed by atoms with Crippen molar-refractivity contribution in [2.75, 3.05) is 6.54 Å². The number of nitrogens with zero attached hydrogens (tertiary/aromatic N) is 1. The van der Waals surface area contributed by atoms with Crippen LogP contribution in [0.3, 0.4) is 0 Å². The summed E-state index contributed by atoms with van der Waals surface area (Å²) in [6.07, 6.45) is -0.281. The predicted octanol–water partition coefficient (Wildman–Crippen LogP) is 0.670. The van der Waals surface area contributed by atoms with Crippen LogP contribution >= 0.6 is 0 Å². The fraction of sp³-hybridized carbons (Fsp3) is 1.00. The second-order valence-electron chi connectivity index (χ2n) is 2.80. The highest BCUT2D eigenvalue weighted by Crippen LogP contribution is 2.03. The molecule has 0 bridgehead atoms. The maximum atomic E-state index is 9.84. The summed E-state index contributed by atoms with van der Waals surface area (Å²) in [7, 11) is 0. The average Bonchev–Trinajstić information content (AvgIpc) is 1.58. The topological polar surface area (TPSA) is 63.4 Å². The summed E-state index contributed by atoms with van der Waals surface area (Å²) in [4.78, 5) is 9.34. The van der Waals surface area contributed by atoms with Gasteiger partial charge in [-0.1, -0.05) is 13.8 Å². The number of rotatable bonds is 4. The molecule has 0 spiro atoms. The number of aliphatic hydroxyl groups is 1. The lowest BCUT2D eigenvalue weighted by Crippen LogP contribution is -2.20. The van der Waals surface area contributed by atoms with Crippen molar-refractivity contribution < 1.29 is 10.0 Å². The van der Waals surface area contributed by atoms with Gasteiger partial charge < -0.3 is 5.11 Å². The molecule has 0 rings (SSSR count). The molecule has 0 aromatic heterocycles. The lowest BCUT2D eigenvalue weighted by Gasteiger charge is -2.07. The van der Waals surface area contributed by atoms with E-state index >= 15 is 0 Å². The van der Waals surface area contributed by atoms with E-state index in [1.54, 1.807) is 0 Å². The van der Waals surface area contributed by atoms with Crippen LogP contribution in [0.4, 0.5) is 0 Å². The first-order chi connectivity index (χ1) is 4.52. The molecule has 4 nitrogen and oxygen atoms in total. The van der Waals surface area contributed by atoms with Crippen LogP contribution in [0.15, 0.2) is 0 Å². The first-order valence-electron chi connectivity index (χ1n) is 3.32. The van der Waals surface area contributed by atoms with Crippen LogP contribution in [-0.2, 0) is 0 Å². The Bertz CT molecular complexity index is 114. The fourth-order valence-electron chi connectivity index (χ4n) is 0.791. The standard InChI is InChI=1S/C6H13NO3/c1-5(2)3-6(8)4-7(9)10/h5-6,8H,3-4H2,1-2H3/t6-/m1/s1. The molecule has 0 unspecified atom stereocenters. The lowest BCUT2D eigenvalue weighted by atomic mass is 10.1. The molecule has 0 fully saturated rings. The van der Waals surface area contributed by atoms with Gasteiger partial charge in [-0.25, -0.2) is 0 Å². The zero-order chi connectivity index (χ0) is 8.15. The van der Waals surface area contributed by atoms with Gasteiger partial charge in [0.2, 0.25) is 6.54 Å². The van der Waals surface area contributed by atoms with Crippen LogP contribution in [0, 0.1) is 16.0 Å². The zero-order valence-corrected chi connectivity index (χ0v) is 6.28. The minimum atomic E-state index is -0.782. The predicted molar refractivity (Wildman–Crippen MR) is 37.3 cm³/mol. The highest BCUT2D eigenvalue weighted by Gasteiger charge is 2.12. The molecule has 0 aromatic carbocycles. The van der Waals surface area contributed by atoms with Gasteiger partial charge in [0.25, 0.3) is 0 Å². The molecule has 1 atom stereocenters. The largest absolute Gasteiger partial charge is 0.386 e. The third-order valence-electron chi connectivity index (χ3n) is 1.10. The Hall–Kier alpha value is -0.640. The van der Waals surface area contributed by atoms with E-state index in [2.05, 4.69) is 0 Å². The quantitative estimate of drug-likeness (QED) is 0.469. The van der Waals surface area contributed by atoms with E-state index in [9.17, 15) is 10.1 Å². The number of aliphatic hydroxyl groups excluding tert-OH is 1. The minimum absolute atomic E-state index is 0.315. The Labute approximate surface area is 60.0 Å². The minimum Gasteiger partial charge on any atom is -0.386 e. The molecule has 0 aliphatic carbocycles. The van der Waals surface area contributed by atoms with Gasteiger partial charge in [-0.05, 0) is 12.3 Å². The summed E-state index contributed by atoms with van der Waals surface area (Å²) < 4.78 is 0. The van der Waals surface area contributed by atoms with Gasteiger partial charge in [0.05, 0.1) is 0 Å². The number of hydrogen-bond donors (Lipinski definition) is 1. The third kappa shape index (κ3) is 5.50. The Morgan fingerprint density at radius 2 is 2.10 bits per heavy atom. The molecule has 0 heterocycles. The van der Waals surface area contributed by atoms with E-state index in [0.29, 0.717) is 12.3 Å². The SMILES string of the molecule is CC(C)C[C@@H](O)C[N+](=O)[O-]. The first-order valence-corrected chi connectivity index (χ1v) is 3.32. The van der Waals surface area contributed by atoms with E-state index < -0.39 is 11.0 Å². The summed E-state index contributed by atoms with van der Waals surface area (Å²) in [5, 5.41) is 18.8. The monoisotopic (exact) mass is 147 g/mol. The Balaban J connectivity index is 3.43. The van der Waals surface area contributed by atoms with Gasteiger partial charge in [0.1, 0.15) is 6.10 Å². The van der Waals surface area contributed by atoms with Crippen molar-refractivity contribution in [1.29, 1.82) is 0 Å². The van der Waals surface area contributed by atoms with Gasteiger partial charge in [-0.15, -0.1) is 0 Å². The van der Waals surface area contributed by atoms with Crippen LogP contribution in [0.1, 0.15) is 20.3 Å². The third-order valence-corrected chi connectivity index (χ3v) is 1.10. The Morgan fingerprint density at radius 1 is 1.60 bits per heavy atom. The smallest absolute Gasteiger partial charge is 0.229 e. The van der Waals surface area contributed by atoms with Gasteiger partial charge in [-0.3, -0.25) is 10.1 Å². The number of hydrogen-bond acceptors (Lipinski definition) is 3.